The van der Waals surface area contributed by atoms with E-state index in [9.17, 15) is 0 Å². The van der Waals surface area contributed by atoms with E-state index in [2.05, 4.69) is 31.1 Å². The molecule has 0 aromatic carbocycles. The van der Waals surface area contributed by atoms with E-state index in [4.69, 9.17) is 9.72 Å². The average molecular weight is 277 g/mol. The van der Waals surface area contributed by atoms with Gasteiger partial charge >= 0.3 is 0 Å². The first-order valence-electron chi connectivity index (χ1n) is 7.73. The molecule has 2 unspecified atom stereocenters. The number of methoxy groups -OCH3 is 1. The Labute approximate surface area is 122 Å². The third kappa shape index (κ3) is 3.55. The van der Waals surface area contributed by atoms with Crippen LogP contribution < -0.4 is 5.32 Å². The highest BCUT2D eigenvalue weighted by atomic mass is 16.5. The van der Waals surface area contributed by atoms with Crippen molar-refractivity contribution in [3.05, 3.63) is 23.3 Å². The molecular formula is C16H27N3O. The number of nitrogens with one attached hydrogen (secondary N) is 1. The molecule has 4 nitrogen and oxygen atoms in total. The molecule has 0 saturated heterocycles. The lowest BCUT2D eigenvalue weighted by atomic mass is 9.87. The molecule has 0 aliphatic heterocycles. The minimum absolute atomic E-state index is 0.000202. The van der Waals surface area contributed by atoms with Gasteiger partial charge in [-0.15, -0.1) is 0 Å². The van der Waals surface area contributed by atoms with E-state index in [1.54, 1.807) is 7.11 Å². The molecule has 1 N–H and O–H groups in total. The van der Waals surface area contributed by atoms with Crippen molar-refractivity contribution in [1.82, 2.24) is 15.3 Å². The van der Waals surface area contributed by atoms with Crippen molar-refractivity contribution in [3.8, 4) is 0 Å². The van der Waals surface area contributed by atoms with Crippen LogP contribution in [0.2, 0.25) is 0 Å². The van der Waals surface area contributed by atoms with Crippen molar-refractivity contribution in [3.63, 3.8) is 0 Å². The standard InChI is InChI=1S/C16H27N3O/c1-5-17-9-12-6-7-14-13(8-12)10-18-16(19-14)15(20-4)11(2)3/h10-12,15,17H,5-9H2,1-4H3. The number of rotatable bonds is 6. The Morgan fingerprint density at radius 3 is 2.90 bits per heavy atom. The van der Waals surface area contributed by atoms with Crippen LogP contribution in [0.5, 0.6) is 0 Å². The van der Waals surface area contributed by atoms with Gasteiger partial charge in [-0.05, 0) is 49.8 Å². The fourth-order valence-electron chi connectivity index (χ4n) is 2.93. The molecule has 1 aliphatic carbocycles. The Balaban J connectivity index is 2.10. The fraction of sp³-hybridized carbons (Fsp3) is 0.750. The summed E-state index contributed by atoms with van der Waals surface area (Å²) in [6.45, 7) is 8.59. The van der Waals surface area contributed by atoms with Crippen LogP contribution >= 0.6 is 0 Å². The fourth-order valence-corrected chi connectivity index (χ4v) is 2.93. The summed E-state index contributed by atoms with van der Waals surface area (Å²) in [7, 11) is 1.74. The molecule has 4 heteroatoms. The van der Waals surface area contributed by atoms with E-state index >= 15 is 0 Å². The molecule has 1 aromatic heterocycles. The van der Waals surface area contributed by atoms with Gasteiger partial charge in [0, 0.05) is 19.0 Å². The van der Waals surface area contributed by atoms with Gasteiger partial charge in [-0.2, -0.15) is 0 Å². The lowest BCUT2D eigenvalue weighted by molar-refractivity contribution is 0.0571. The van der Waals surface area contributed by atoms with Crippen LogP contribution in [-0.4, -0.2) is 30.2 Å². The predicted octanol–water partition coefficient (Wildman–Crippen LogP) is 2.53. The highest BCUT2D eigenvalue weighted by molar-refractivity contribution is 5.22. The van der Waals surface area contributed by atoms with Crippen LogP contribution in [0.25, 0.3) is 0 Å². The van der Waals surface area contributed by atoms with Crippen LogP contribution in [0.3, 0.4) is 0 Å². The Kier molecular flexibility index (Phi) is 5.49. The van der Waals surface area contributed by atoms with Crippen LogP contribution in [0.1, 0.15) is 50.4 Å². The maximum atomic E-state index is 5.53. The summed E-state index contributed by atoms with van der Waals surface area (Å²) in [4.78, 5) is 9.31. The van der Waals surface area contributed by atoms with Gasteiger partial charge in [0.15, 0.2) is 5.82 Å². The molecule has 112 valence electrons. The zero-order valence-corrected chi connectivity index (χ0v) is 13.1. The topological polar surface area (TPSA) is 47.0 Å². The molecule has 1 aromatic rings. The van der Waals surface area contributed by atoms with Gasteiger partial charge in [0.25, 0.3) is 0 Å². The second-order valence-electron chi connectivity index (χ2n) is 6.02. The number of ether oxygens (including phenoxy) is 1. The second kappa shape index (κ2) is 7.14. The summed E-state index contributed by atoms with van der Waals surface area (Å²) >= 11 is 0. The molecule has 2 rings (SSSR count). The van der Waals surface area contributed by atoms with Crippen molar-refractivity contribution in [2.24, 2.45) is 11.8 Å². The van der Waals surface area contributed by atoms with Gasteiger partial charge < -0.3 is 10.1 Å². The number of hydrogen-bond acceptors (Lipinski definition) is 4. The maximum absolute atomic E-state index is 5.53. The molecule has 0 spiro atoms. The Bertz CT molecular complexity index is 434. The number of aryl methyl sites for hydroxylation is 1. The number of fused-ring (bicyclic) bond motifs is 1. The van der Waals surface area contributed by atoms with Gasteiger partial charge in [-0.25, -0.2) is 9.97 Å². The number of nitrogens with zero attached hydrogens (tertiary/aromatic N) is 2. The van der Waals surface area contributed by atoms with Crippen molar-refractivity contribution < 1.29 is 4.74 Å². The summed E-state index contributed by atoms with van der Waals surface area (Å²) in [5.74, 6) is 1.95. The number of aromatic nitrogens is 2. The predicted molar refractivity (Wildman–Crippen MR) is 80.7 cm³/mol. The van der Waals surface area contributed by atoms with E-state index in [0.29, 0.717) is 5.92 Å². The molecule has 1 aliphatic rings. The molecule has 1 heterocycles. The summed E-state index contributed by atoms with van der Waals surface area (Å²) in [5, 5.41) is 3.44. The minimum Gasteiger partial charge on any atom is -0.373 e. The molecule has 20 heavy (non-hydrogen) atoms. The highest BCUT2D eigenvalue weighted by Crippen LogP contribution is 2.27. The monoisotopic (exact) mass is 277 g/mol. The zero-order chi connectivity index (χ0) is 14.5. The summed E-state index contributed by atoms with van der Waals surface area (Å²) in [6.07, 6.45) is 5.40. The average Bonchev–Trinajstić information content (AvgIpc) is 2.45. The van der Waals surface area contributed by atoms with Crippen molar-refractivity contribution in [2.45, 2.75) is 46.1 Å². The Morgan fingerprint density at radius 1 is 1.45 bits per heavy atom. The summed E-state index contributed by atoms with van der Waals surface area (Å²) < 4.78 is 5.53. The zero-order valence-electron chi connectivity index (χ0n) is 13.1. The third-order valence-corrected chi connectivity index (χ3v) is 4.07. The Hall–Kier alpha value is -1.00. The van der Waals surface area contributed by atoms with E-state index in [1.807, 2.05) is 6.20 Å². The van der Waals surface area contributed by atoms with Gasteiger partial charge in [-0.3, -0.25) is 0 Å². The van der Waals surface area contributed by atoms with E-state index in [0.717, 1.165) is 37.7 Å². The molecule has 0 amide bonds. The molecule has 0 saturated carbocycles. The van der Waals surface area contributed by atoms with Crippen molar-refractivity contribution >= 4 is 0 Å². The molecule has 2 atom stereocenters. The van der Waals surface area contributed by atoms with E-state index < -0.39 is 0 Å². The van der Waals surface area contributed by atoms with Crippen LogP contribution in [-0.2, 0) is 17.6 Å². The first kappa shape index (κ1) is 15.4. The maximum Gasteiger partial charge on any atom is 0.157 e. The summed E-state index contributed by atoms with van der Waals surface area (Å²) in [6, 6.07) is 0. The summed E-state index contributed by atoms with van der Waals surface area (Å²) in [5.41, 5.74) is 2.55. The number of hydrogen-bond donors (Lipinski definition) is 1. The van der Waals surface area contributed by atoms with Crippen molar-refractivity contribution in [2.75, 3.05) is 20.2 Å². The SMILES string of the molecule is CCNCC1CCc2nc(C(OC)C(C)C)ncc2C1. The van der Waals surface area contributed by atoms with Crippen LogP contribution in [0.4, 0.5) is 0 Å². The molecule has 0 fully saturated rings. The van der Waals surface area contributed by atoms with Gasteiger partial charge in [-0.1, -0.05) is 20.8 Å². The second-order valence-corrected chi connectivity index (χ2v) is 6.02. The van der Waals surface area contributed by atoms with Gasteiger partial charge in [0.05, 0.1) is 0 Å². The van der Waals surface area contributed by atoms with Gasteiger partial charge in [0.2, 0.25) is 0 Å². The van der Waals surface area contributed by atoms with E-state index in [-0.39, 0.29) is 6.10 Å². The van der Waals surface area contributed by atoms with Crippen LogP contribution in [0, 0.1) is 11.8 Å². The van der Waals surface area contributed by atoms with Crippen LogP contribution in [0.15, 0.2) is 6.20 Å². The lowest BCUT2D eigenvalue weighted by Gasteiger charge is -2.25. The highest BCUT2D eigenvalue weighted by Gasteiger charge is 2.23. The molecular weight excluding hydrogens is 250 g/mol. The smallest absolute Gasteiger partial charge is 0.157 e. The third-order valence-electron chi connectivity index (χ3n) is 4.07. The lowest BCUT2D eigenvalue weighted by Crippen LogP contribution is -2.28. The van der Waals surface area contributed by atoms with Gasteiger partial charge in [0.1, 0.15) is 6.10 Å². The first-order valence-corrected chi connectivity index (χ1v) is 7.73. The first-order chi connectivity index (χ1) is 9.65. The Morgan fingerprint density at radius 2 is 2.25 bits per heavy atom. The molecule has 0 radical (unpaired) electrons. The largest absolute Gasteiger partial charge is 0.373 e. The minimum atomic E-state index is -0.000202. The quantitative estimate of drug-likeness (QED) is 0.868. The van der Waals surface area contributed by atoms with E-state index in [1.165, 1.54) is 17.7 Å². The normalized spacial score (nSPS) is 19.9. The molecule has 0 bridgehead atoms. The van der Waals surface area contributed by atoms with Crippen molar-refractivity contribution in [1.29, 1.82) is 0 Å².